The third kappa shape index (κ3) is 35.1. The molecule has 0 unspecified atom stereocenters. The lowest BCUT2D eigenvalue weighted by Crippen LogP contribution is -2.19. The maximum atomic E-state index is 13.2. The first-order valence-electron chi connectivity index (χ1n) is 26.8. The van der Waals surface area contributed by atoms with Crippen LogP contribution < -0.4 is 9.47 Å². The van der Waals surface area contributed by atoms with Crippen molar-refractivity contribution in [1.82, 2.24) is 0 Å². The van der Waals surface area contributed by atoms with Crippen molar-refractivity contribution in [3.05, 3.63) is 23.8 Å². The molecule has 0 aliphatic rings. The Bertz CT molecular complexity index is 1230. The second-order valence-electron chi connectivity index (χ2n) is 18.3. The zero-order valence-corrected chi connectivity index (χ0v) is 41.4. The molecule has 0 fully saturated rings. The Morgan fingerprint density at radius 2 is 0.587 bits per heavy atom. The summed E-state index contributed by atoms with van der Waals surface area (Å²) in [5.74, 6) is -1.52. The van der Waals surface area contributed by atoms with Crippen molar-refractivity contribution in [2.24, 2.45) is 0 Å². The molecule has 63 heavy (non-hydrogen) atoms. The molecule has 1 aromatic rings. The molecule has 0 N–H and O–H groups in total. The van der Waals surface area contributed by atoms with Crippen LogP contribution in [0, 0.1) is 0 Å². The first-order valence-corrected chi connectivity index (χ1v) is 26.8. The molecule has 0 bridgehead atoms. The quantitative estimate of drug-likeness (QED) is 0.0276. The van der Waals surface area contributed by atoms with E-state index in [1.54, 1.807) is 12.1 Å². The van der Waals surface area contributed by atoms with Gasteiger partial charge in [0, 0.05) is 31.2 Å². The molecule has 8 nitrogen and oxygen atoms in total. The average Bonchev–Trinajstić information content (AvgIpc) is 3.27. The fraction of sp³-hybridized carbons (Fsp3) is 0.818. The zero-order chi connectivity index (χ0) is 45.9. The number of rotatable bonds is 45. The molecule has 0 heterocycles. The van der Waals surface area contributed by atoms with Crippen LogP contribution in [-0.2, 0) is 28.7 Å². The molecule has 0 aliphatic carbocycles. The van der Waals surface area contributed by atoms with E-state index in [0.717, 1.165) is 77.0 Å². The smallest absolute Gasteiger partial charge is 0.311 e. The van der Waals surface area contributed by atoms with Crippen molar-refractivity contribution in [2.45, 2.75) is 291 Å². The van der Waals surface area contributed by atoms with Gasteiger partial charge in [-0.2, -0.15) is 0 Å². The van der Waals surface area contributed by atoms with E-state index >= 15 is 0 Å². The van der Waals surface area contributed by atoms with Crippen LogP contribution in [0.25, 0.3) is 0 Å². The minimum Gasteiger partial charge on any atom is -0.423 e. The van der Waals surface area contributed by atoms with Crippen LogP contribution in [0.3, 0.4) is 0 Å². The summed E-state index contributed by atoms with van der Waals surface area (Å²) in [5.41, 5.74) is 0.348. The molecule has 0 aromatic heterocycles. The number of esters is 4. The van der Waals surface area contributed by atoms with Crippen LogP contribution in [-0.4, -0.2) is 23.9 Å². The van der Waals surface area contributed by atoms with E-state index in [-0.39, 0.29) is 37.2 Å². The van der Waals surface area contributed by atoms with E-state index in [2.05, 4.69) is 27.7 Å². The summed E-state index contributed by atoms with van der Waals surface area (Å²) < 4.78 is 23.4. The number of unbranched alkanes of at least 4 members (excludes halogenated alkanes) is 32. The van der Waals surface area contributed by atoms with Crippen molar-refractivity contribution in [1.29, 1.82) is 0 Å². The lowest BCUT2D eigenvalue weighted by Gasteiger charge is -2.20. The monoisotopic (exact) mass is 885 g/mol. The van der Waals surface area contributed by atoms with Crippen LogP contribution in [0.15, 0.2) is 18.2 Å². The number of ether oxygens (including phenoxy) is 4. The maximum Gasteiger partial charge on any atom is 0.311 e. The molecular formula is C55H96O8. The fourth-order valence-electron chi connectivity index (χ4n) is 8.02. The second kappa shape index (κ2) is 43.0. The lowest BCUT2D eigenvalue weighted by molar-refractivity contribution is -0.190. The molecule has 1 rings (SSSR count). The van der Waals surface area contributed by atoms with Gasteiger partial charge in [0.1, 0.15) is 0 Å². The van der Waals surface area contributed by atoms with Crippen LogP contribution in [0.2, 0.25) is 0 Å². The fourth-order valence-corrected chi connectivity index (χ4v) is 8.02. The van der Waals surface area contributed by atoms with Crippen molar-refractivity contribution >= 4 is 23.9 Å². The highest BCUT2D eigenvalue weighted by Gasteiger charge is 2.25. The van der Waals surface area contributed by atoms with Crippen molar-refractivity contribution in [2.75, 3.05) is 0 Å². The van der Waals surface area contributed by atoms with Crippen LogP contribution >= 0.6 is 0 Å². The summed E-state index contributed by atoms with van der Waals surface area (Å²) >= 11 is 0. The third-order valence-corrected chi connectivity index (χ3v) is 12.1. The predicted molar refractivity (Wildman–Crippen MR) is 260 cm³/mol. The molecule has 0 amide bonds. The van der Waals surface area contributed by atoms with Gasteiger partial charge in [-0.3, -0.25) is 19.2 Å². The average molecular weight is 885 g/mol. The molecule has 0 radical (unpaired) electrons. The van der Waals surface area contributed by atoms with Gasteiger partial charge in [-0.25, -0.2) is 0 Å². The Balaban J connectivity index is 3.03. The number of carbonyl (C=O) groups is 4. The predicted octanol–water partition coefficient (Wildman–Crippen LogP) is 17.3. The summed E-state index contributed by atoms with van der Waals surface area (Å²) in [7, 11) is 0. The van der Waals surface area contributed by atoms with Gasteiger partial charge in [0.2, 0.25) is 0 Å². The van der Waals surface area contributed by atoms with E-state index in [0.29, 0.717) is 24.8 Å². The zero-order valence-electron chi connectivity index (χ0n) is 41.4. The van der Waals surface area contributed by atoms with Gasteiger partial charge in [0.15, 0.2) is 11.5 Å². The van der Waals surface area contributed by atoms with Gasteiger partial charge in [0.25, 0.3) is 6.29 Å². The Labute approximate surface area is 386 Å². The SMILES string of the molecule is CCCCCCCCCCCC(=O)Oc1ccc(C(OC(=O)CCCCCCCCCCC)OC(=O)CCCCCCCCCCC)cc1OC(=O)CCCCCCCCCCC. The van der Waals surface area contributed by atoms with Gasteiger partial charge >= 0.3 is 23.9 Å². The third-order valence-electron chi connectivity index (χ3n) is 12.1. The van der Waals surface area contributed by atoms with Gasteiger partial charge in [-0.15, -0.1) is 0 Å². The topological polar surface area (TPSA) is 105 Å². The molecule has 364 valence electrons. The largest absolute Gasteiger partial charge is 0.423 e. The van der Waals surface area contributed by atoms with Gasteiger partial charge < -0.3 is 18.9 Å². The number of hydrogen-bond acceptors (Lipinski definition) is 8. The van der Waals surface area contributed by atoms with Crippen LogP contribution in [0.5, 0.6) is 11.5 Å². The van der Waals surface area contributed by atoms with Crippen LogP contribution in [0.1, 0.15) is 296 Å². The number of carbonyl (C=O) groups excluding carboxylic acids is 4. The summed E-state index contributed by atoms with van der Waals surface area (Å²) in [6.07, 6.45) is 40.4. The molecule has 0 aliphatic heterocycles. The Morgan fingerprint density at radius 3 is 0.889 bits per heavy atom. The van der Waals surface area contributed by atoms with E-state index in [4.69, 9.17) is 18.9 Å². The van der Waals surface area contributed by atoms with Crippen molar-refractivity contribution < 1.29 is 38.1 Å². The molecule has 0 saturated carbocycles. The van der Waals surface area contributed by atoms with Crippen molar-refractivity contribution in [3.8, 4) is 11.5 Å². The standard InChI is InChI=1S/C55H96O8/c1-5-9-13-17-21-25-29-33-37-41-51(56)60-49-46-45-48(47-50(49)61-52(57)42-38-34-30-26-22-18-14-10-6-2)55(62-53(58)43-39-35-31-27-23-19-15-11-7-3)63-54(59)44-40-36-32-28-24-20-16-12-8-4/h45-47,55H,5-44H2,1-4H3. The van der Waals surface area contributed by atoms with Gasteiger partial charge in [0.05, 0.1) is 0 Å². The Morgan fingerprint density at radius 1 is 0.333 bits per heavy atom. The Kier molecular flexibility index (Phi) is 39.7. The molecule has 0 saturated heterocycles. The highest BCUT2D eigenvalue weighted by Crippen LogP contribution is 2.34. The molecule has 1 aromatic carbocycles. The van der Waals surface area contributed by atoms with Gasteiger partial charge in [-0.1, -0.05) is 233 Å². The lowest BCUT2D eigenvalue weighted by atomic mass is 10.1. The van der Waals surface area contributed by atoms with E-state index in [9.17, 15) is 19.2 Å². The maximum absolute atomic E-state index is 13.2. The van der Waals surface area contributed by atoms with E-state index in [1.807, 2.05) is 0 Å². The van der Waals surface area contributed by atoms with Crippen molar-refractivity contribution in [3.63, 3.8) is 0 Å². The Hall–Kier alpha value is -2.90. The first kappa shape index (κ1) is 58.1. The minimum atomic E-state index is -1.32. The molecule has 0 spiro atoms. The second-order valence-corrected chi connectivity index (χ2v) is 18.3. The minimum absolute atomic E-state index is 0.0591. The summed E-state index contributed by atoms with van der Waals surface area (Å²) in [5, 5.41) is 0. The summed E-state index contributed by atoms with van der Waals surface area (Å²) in [6.45, 7) is 8.90. The molecule has 0 atom stereocenters. The first-order chi connectivity index (χ1) is 30.8. The summed E-state index contributed by atoms with van der Waals surface area (Å²) in [6, 6.07) is 4.71. The molecule has 8 heteroatoms. The highest BCUT2D eigenvalue weighted by atomic mass is 16.7. The highest BCUT2D eigenvalue weighted by molar-refractivity contribution is 5.76. The van der Waals surface area contributed by atoms with E-state index < -0.39 is 30.2 Å². The molecular weight excluding hydrogens is 789 g/mol. The van der Waals surface area contributed by atoms with Crippen LogP contribution in [0.4, 0.5) is 0 Å². The number of hydrogen-bond donors (Lipinski definition) is 0. The normalized spacial score (nSPS) is 11.3. The van der Waals surface area contributed by atoms with Gasteiger partial charge in [-0.05, 0) is 43.9 Å². The number of benzene rings is 1. The summed E-state index contributed by atoms with van der Waals surface area (Å²) in [4.78, 5) is 52.8. The van der Waals surface area contributed by atoms with E-state index in [1.165, 1.54) is 141 Å².